The van der Waals surface area contributed by atoms with E-state index in [9.17, 15) is 13.2 Å². The molecule has 0 atom stereocenters. The van der Waals surface area contributed by atoms with Crippen molar-refractivity contribution in [1.82, 2.24) is 14.1 Å². The van der Waals surface area contributed by atoms with Crippen molar-refractivity contribution in [1.29, 1.82) is 0 Å². The van der Waals surface area contributed by atoms with Crippen LogP contribution in [0.1, 0.15) is 22.4 Å². The Morgan fingerprint density at radius 2 is 1.78 bits per heavy atom. The molecule has 1 N–H and O–H groups in total. The van der Waals surface area contributed by atoms with Crippen LogP contribution in [0.4, 0.5) is 0 Å². The van der Waals surface area contributed by atoms with Crippen molar-refractivity contribution in [2.75, 3.05) is 6.54 Å². The highest BCUT2D eigenvalue weighted by molar-refractivity contribution is 7.89. The molecule has 1 aliphatic rings. The first-order chi connectivity index (χ1) is 12.9. The summed E-state index contributed by atoms with van der Waals surface area (Å²) in [6, 6.07) is 14.6. The number of fused-ring (bicyclic) bond motifs is 1. The van der Waals surface area contributed by atoms with E-state index in [0.29, 0.717) is 23.4 Å². The molecule has 27 heavy (non-hydrogen) atoms. The first-order valence-electron chi connectivity index (χ1n) is 8.83. The Labute approximate surface area is 158 Å². The Kier molecular flexibility index (Phi) is 4.28. The molecule has 0 aliphatic carbocycles. The lowest BCUT2D eigenvalue weighted by molar-refractivity contribution is 0.388. The number of aryl methyl sites for hydroxylation is 2. The number of para-hydroxylation sites is 1. The minimum atomic E-state index is -3.65. The lowest BCUT2D eigenvalue weighted by Gasteiger charge is -2.26. The van der Waals surface area contributed by atoms with Crippen molar-refractivity contribution >= 4 is 10.0 Å². The van der Waals surface area contributed by atoms with E-state index in [-0.39, 0.29) is 12.1 Å². The minimum Gasteiger partial charge on any atom is -0.295 e. The van der Waals surface area contributed by atoms with Gasteiger partial charge in [0.2, 0.25) is 10.0 Å². The maximum Gasteiger partial charge on any atom is 0.276 e. The van der Waals surface area contributed by atoms with E-state index in [1.54, 1.807) is 19.1 Å². The Bertz CT molecular complexity index is 1160. The van der Waals surface area contributed by atoms with Gasteiger partial charge in [-0.2, -0.15) is 4.31 Å². The number of hydrogen-bond acceptors (Lipinski definition) is 3. The maximum atomic E-state index is 13.1. The smallest absolute Gasteiger partial charge is 0.276 e. The van der Waals surface area contributed by atoms with Gasteiger partial charge in [0.15, 0.2) is 0 Å². The molecular weight excluding hydrogens is 362 g/mol. The maximum absolute atomic E-state index is 13.1. The molecule has 2 heterocycles. The lowest BCUT2D eigenvalue weighted by atomic mass is 10.1. The predicted molar refractivity (Wildman–Crippen MR) is 104 cm³/mol. The van der Waals surface area contributed by atoms with Crippen LogP contribution in [0.5, 0.6) is 0 Å². The molecule has 6 nitrogen and oxygen atoms in total. The Morgan fingerprint density at radius 3 is 2.48 bits per heavy atom. The van der Waals surface area contributed by atoms with Gasteiger partial charge in [0.05, 0.1) is 16.1 Å². The quantitative estimate of drug-likeness (QED) is 0.755. The van der Waals surface area contributed by atoms with Gasteiger partial charge in [0.1, 0.15) is 0 Å². The number of hydrogen-bond donors (Lipinski definition) is 1. The molecule has 2 aromatic carbocycles. The van der Waals surface area contributed by atoms with Crippen LogP contribution in [-0.4, -0.2) is 29.0 Å². The Balaban J connectivity index is 1.71. The molecule has 3 aromatic rings. The summed E-state index contributed by atoms with van der Waals surface area (Å²) in [5.41, 5.74) is 3.59. The molecule has 7 heteroatoms. The summed E-state index contributed by atoms with van der Waals surface area (Å²) in [6.45, 7) is 4.16. The summed E-state index contributed by atoms with van der Waals surface area (Å²) >= 11 is 0. The summed E-state index contributed by atoms with van der Waals surface area (Å²) in [4.78, 5) is 13.1. The number of H-pyrrole nitrogens is 1. The minimum absolute atomic E-state index is 0.0835. The van der Waals surface area contributed by atoms with Gasteiger partial charge in [-0.25, -0.2) is 13.1 Å². The van der Waals surface area contributed by atoms with E-state index in [4.69, 9.17) is 0 Å². The normalized spacial score (nSPS) is 14.9. The predicted octanol–water partition coefficient (Wildman–Crippen LogP) is 2.53. The van der Waals surface area contributed by atoms with Crippen molar-refractivity contribution in [3.8, 4) is 5.69 Å². The van der Waals surface area contributed by atoms with E-state index < -0.39 is 10.0 Å². The molecule has 1 aromatic heterocycles. The fraction of sp³-hybridized carbons (Fsp3) is 0.250. The van der Waals surface area contributed by atoms with E-state index in [1.807, 2.05) is 43.3 Å². The van der Waals surface area contributed by atoms with Gasteiger partial charge in [-0.1, -0.05) is 35.9 Å². The third-order valence-electron chi connectivity index (χ3n) is 4.98. The molecule has 0 bridgehead atoms. The number of nitrogens with one attached hydrogen (secondary N) is 1. The first-order valence-corrected chi connectivity index (χ1v) is 10.3. The second-order valence-corrected chi connectivity index (χ2v) is 8.81. The topological polar surface area (TPSA) is 75.2 Å². The molecule has 0 radical (unpaired) electrons. The van der Waals surface area contributed by atoms with Crippen LogP contribution in [0.2, 0.25) is 0 Å². The van der Waals surface area contributed by atoms with Crippen LogP contribution in [0.25, 0.3) is 5.69 Å². The van der Waals surface area contributed by atoms with Gasteiger partial charge in [-0.15, -0.1) is 0 Å². The fourth-order valence-electron chi connectivity index (χ4n) is 3.57. The molecule has 0 saturated heterocycles. The number of benzene rings is 2. The average molecular weight is 383 g/mol. The molecular formula is C20H21N3O3S. The van der Waals surface area contributed by atoms with Crippen LogP contribution in [0.3, 0.4) is 0 Å². The Hall–Kier alpha value is -2.64. The van der Waals surface area contributed by atoms with E-state index >= 15 is 0 Å². The summed E-state index contributed by atoms with van der Waals surface area (Å²) in [5.74, 6) is 0. The van der Waals surface area contributed by atoms with Crippen molar-refractivity contribution < 1.29 is 8.42 Å². The molecule has 140 valence electrons. The van der Waals surface area contributed by atoms with Gasteiger partial charge >= 0.3 is 0 Å². The van der Waals surface area contributed by atoms with E-state index in [1.165, 1.54) is 8.99 Å². The molecule has 0 spiro atoms. The zero-order valence-corrected chi connectivity index (χ0v) is 16.1. The number of aromatic nitrogens is 2. The molecule has 0 fully saturated rings. The van der Waals surface area contributed by atoms with Gasteiger partial charge < -0.3 is 0 Å². The SMILES string of the molecule is Cc1ccc(S(=O)(=O)N2CCc3[nH]n(-c4ccccc4)c(=O)c3C2)c(C)c1. The zero-order valence-electron chi connectivity index (χ0n) is 15.3. The summed E-state index contributed by atoms with van der Waals surface area (Å²) in [7, 11) is -3.65. The number of sulfonamides is 1. The van der Waals surface area contributed by atoms with E-state index in [2.05, 4.69) is 5.10 Å². The molecule has 0 amide bonds. The number of nitrogens with zero attached hydrogens (tertiary/aromatic N) is 2. The van der Waals surface area contributed by atoms with Crippen LogP contribution in [0.15, 0.2) is 58.2 Å². The van der Waals surface area contributed by atoms with Crippen LogP contribution >= 0.6 is 0 Å². The summed E-state index contributed by atoms with van der Waals surface area (Å²) in [5, 5.41) is 3.13. The third kappa shape index (κ3) is 3.02. The monoisotopic (exact) mass is 383 g/mol. The summed E-state index contributed by atoms with van der Waals surface area (Å²) in [6.07, 6.45) is 0.481. The third-order valence-corrected chi connectivity index (χ3v) is 6.99. The lowest BCUT2D eigenvalue weighted by Crippen LogP contribution is -2.37. The number of aromatic amines is 1. The van der Waals surface area contributed by atoms with Gasteiger partial charge in [0.25, 0.3) is 5.56 Å². The van der Waals surface area contributed by atoms with Crippen molar-refractivity contribution in [2.45, 2.75) is 31.7 Å². The highest BCUT2D eigenvalue weighted by Crippen LogP contribution is 2.25. The molecule has 1 aliphatic heterocycles. The second kappa shape index (κ2) is 6.51. The Morgan fingerprint density at radius 1 is 1.04 bits per heavy atom. The fourth-order valence-corrected chi connectivity index (χ4v) is 5.19. The van der Waals surface area contributed by atoms with E-state index in [0.717, 1.165) is 22.5 Å². The summed E-state index contributed by atoms with van der Waals surface area (Å²) < 4.78 is 29.1. The highest BCUT2D eigenvalue weighted by Gasteiger charge is 2.32. The standard InChI is InChI=1S/C20H21N3O3S/c1-14-8-9-19(15(2)12-14)27(25,26)22-11-10-18-17(13-22)20(24)23(21-18)16-6-4-3-5-7-16/h3-9,12,21H,10-11,13H2,1-2H3. The zero-order chi connectivity index (χ0) is 19.2. The molecule has 0 saturated carbocycles. The molecule has 0 unspecified atom stereocenters. The largest absolute Gasteiger partial charge is 0.295 e. The molecule has 4 rings (SSSR count). The second-order valence-electron chi connectivity index (χ2n) is 6.90. The van der Waals surface area contributed by atoms with Gasteiger partial charge in [0, 0.05) is 25.2 Å². The van der Waals surface area contributed by atoms with Crippen LogP contribution in [-0.2, 0) is 23.0 Å². The van der Waals surface area contributed by atoms with Gasteiger partial charge in [-0.3, -0.25) is 9.89 Å². The highest BCUT2D eigenvalue weighted by atomic mass is 32.2. The average Bonchev–Trinajstić information content (AvgIpc) is 2.98. The van der Waals surface area contributed by atoms with Gasteiger partial charge in [-0.05, 0) is 37.6 Å². The van der Waals surface area contributed by atoms with Crippen molar-refractivity contribution in [3.63, 3.8) is 0 Å². The first kappa shape index (κ1) is 17.8. The number of rotatable bonds is 3. The van der Waals surface area contributed by atoms with Crippen LogP contribution < -0.4 is 5.56 Å². The van der Waals surface area contributed by atoms with Crippen molar-refractivity contribution in [3.05, 3.63) is 81.3 Å². The van der Waals surface area contributed by atoms with Crippen LogP contribution in [0, 0.1) is 13.8 Å². The van der Waals surface area contributed by atoms with Crippen molar-refractivity contribution in [2.24, 2.45) is 0 Å².